The van der Waals surface area contributed by atoms with Crippen molar-refractivity contribution in [1.29, 1.82) is 0 Å². The summed E-state index contributed by atoms with van der Waals surface area (Å²) in [7, 11) is 0. The first-order valence-electron chi connectivity index (χ1n) is 8.26. The fourth-order valence-corrected chi connectivity index (χ4v) is 2.61. The number of halogens is 1. The van der Waals surface area contributed by atoms with Crippen LogP contribution in [0.25, 0.3) is 10.9 Å². The van der Waals surface area contributed by atoms with Gasteiger partial charge in [-0.15, -0.1) is 0 Å². The average Bonchev–Trinajstić information content (AvgIpc) is 3.31. The fourth-order valence-electron chi connectivity index (χ4n) is 2.61. The van der Waals surface area contributed by atoms with E-state index in [1.165, 1.54) is 12.1 Å². The van der Waals surface area contributed by atoms with Crippen LogP contribution in [0.3, 0.4) is 0 Å². The van der Waals surface area contributed by atoms with E-state index >= 15 is 0 Å². The number of nitrogens with zero attached hydrogens (tertiary/aromatic N) is 1. The van der Waals surface area contributed by atoms with Gasteiger partial charge in [0, 0.05) is 24.1 Å². The van der Waals surface area contributed by atoms with Gasteiger partial charge in [-0.3, -0.25) is 9.89 Å². The molecule has 6 heteroatoms. The Morgan fingerprint density at radius 3 is 2.80 bits per heavy atom. The second-order valence-corrected chi connectivity index (χ2v) is 5.81. The van der Waals surface area contributed by atoms with Gasteiger partial charge in [0.25, 0.3) is 5.91 Å². The van der Waals surface area contributed by atoms with Crippen LogP contribution in [0.4, 0.5) is 4.39 Å². The molecular formula is C19H20FN3O2. The molecule has 0 saturated carbocycles. The van der Waals surface area contributed by atoms with Crippen molar-refractivity contribution in [3.63, 3.8) is 0 Å². The lowest BCUT2D eigenvalue weighted by atomic mass is 10.1. The van der Waals surface area contributed by atoms with Crippen LogP contribution in [0.1, 0.15) is 23.2 Å². The molecule has 0 spiro atoms. The number of aromatic amines is 1. The third kappa shape index (κ3) is 4.87. The van der Waals surface area contributed by atoms with E-state index in [1.54, 1.807) is 30.5 Å². The quantitative estimate of drug-likeness (QED) is 0.768. The van der Waals surface area contributed by atoms with E-state index in [1.807, 2.05) is 12.1 Å². The third-order valence-corrected chi connectivity index (χ3v) is 3.95. The van der Waals surface area contributed by atoms with Crippen molar-refractivity contribution in [3.05, 3.63) is 66.1 Å². The molecule has 2 N–H and O–H groups in total. The number of nitrogens with one attached hydrogen (secondary N) is 2. The molecule has 1 unspecified atom stereocenters. The van der Waals surface area contributed by atoms with Gasteiger partial charge in [-0.2, -0.15) is 5.10 Å². The maximum absolute atomic E-state index is 12.0. The van der Waals surface area contributed by atoms with Crippen molar-refractivity contribution in [3.8, 4) is 0 Å². The standard InChI is InChI=1S/C13H15N3O2.C6H5F/c17-13(14-8-11-2-1-5-18-11)9-3-4-12-10(6-9)7-15-16-12;7-6-4-2-1-3-5-6/h3-4,6-7,11H,1-2,5,8H2,(H,14,17)(H,15,16);1-5H. The summed E-state index contributed by atoms with van der Waals surface area (Å²) < 4.78 is 17.4. The average molecular weight is 341 g/mol. The molecule has 3 aromatic rings. The summed E-state index contributed by atoms with van der Waals surface area (Å²) >= 11 is 0. The number of amides is 1. The second kappa shape index (κ2) is 8.39. The Kier molecular flexibility index (Phi) is 5.74. The highest BCUT2D eigenvalue weighted by Gasteiger charge is 2.16. The van der Waals surface area contributed by atoms with Gasteiger partial charge in [-0.1, -0.05) is 18.2 Å². The lowest BCUT2D eigenvalue weighted by Gasteiger charge is -2.10. The van der Waals surface area contributed by atoms with Crippen molar-refractivity contribution in [1.82, 2.24) is 15.5 Å². The number of carbonyl (C=O) groups excluding carboxylic acids is 1. The number of fused-ring (bicyclic) bond motifs is 1. The number of hydrogen-bond acceptors (Lipinski definition) is 3. The molecule has 0 aliphatic carbocycles. The minimum atomic E-state index is -0.178. The maximum Gasteiger partial charge on any atom is 0.251 e. The number of carbonyl (C=O) groups is 1. The van der Waals surface area contributed by atoms with Gasteiger partial charge < -0.3 is 10.1 Å². The Hall–Kier alpha value is -2.73. The van der Waals surface area contributed by atoms with Gasteiger partial charge in [0.2, 0.25) is 0 Å². The van der Waals surface area contributed by atoms with Crippen LogP contribution in [-0.4, -0.2) is 35.4 Å². The number of H-pyrrole nitrogens is 1. The van der Waals surface area contributed by atoms with Crippen molar-refractivity contribution >= 4 is 16.8 Å². The molecular weight excluding hydrogens is 321 g/mol. The number of benzene rings is 2. The van der Waals surface area contributed by atoms with Crippen LogP contribution in [0.15, 0.2) is 54.7 Å². The van der Waals surface area contributed by atoms with E-state index in [2.05, 4.69) is 15.5 Å². The topological polar surface area (TPSA) is 67.0 Å². The van der Waals surface area contributed by atoms with Gasteiger partial charge in [-0.05, 0) is 43.2 Å². The van der Waals surface area contributed by atoms with Gasteiger partial charge in [0.05, 0.1) is 17.8 Å². The first-order valence-corrected chi connectivity index (χ1v) is 8.26. The second-order valence-electron chi connectivity index (χ2n) is 5.81. The maximum atomic E-state index is 12.0. The minimum Gasteiger partial charge on any atom is -0.376 e. The van der Waals surface area contributed by atoms with E-state index in [4.69, 9.17) is 4.74 Å². The highest BCUT2D eigenvalue weighted by Crippen LogP contribution is 2.14. The Labute approximate surface area is 145 Å². The molecule has 1 fully saturated rings. The third-order valence-electron chi connectivity index (χ3n) is 3.95. The van der Waals surface area contributed by atoms with Gasteiger partial charge >= 0.3 is 0 Å². The lowest BCUT2D eigenvalue weighted by molar-refractivity contribution is 0.0858. The summed E-state index contributed by atoms with van der Waals surface area (Å²) in [5.41, 5.74) is 1.59. The molecule has 0 radical (unpaired) electrons. The molecule has 1 amide bonds. The van der Waals surface area contributed by atoms with Gasteiger partial charge in [0.1, 0.15) is 5.82 Å². The van der Waals surface area contributed by atoms with E-state index in [-0.39, 0.29) is 17.8 Å². The summed E-state index contributed by atoms with van der Waals surface area (Å²) in [4.78, 5) is 12.0. The number of aromatic nitrogens is 2. The molecule has 2 heterocycles. The Morgan fingerprint density at radius 2 is 2.12 bits per heavy atom. The summed E-state index contributed by atoms with van der Waals surface area (Å²) in [6.45, 7) is 1.39. The molecule has 4 rings (SSSR count). The van der Waals surface area contributed by atoms with Crippen LogP contribution in [0.5, 0.6) is 0 Å². The van der Waals surface area contributed by atoms with Crippen LogP contribution < -0.4 is 5.32 Å². The molecule has 25 heavy (non-hydrogen) atoms. The molecule has 1 aromatic heterocycles. The predicted octanol–water partition coefficient (Wildman–Crippen LogP) is 3.30. The van der Waals surface area contributed by atoms with E-state index < -0.39 is 0 Å². The Balaban J connectivity index is 0.000000219. The zero-order valence-electron chi connectivity index (χ0n) is 13.7. The summed E-state index contributed by atoms with van der Waals surface area (Å²) in [6.07, 6.45) is 4.00. The molecule has 0 bridgehead atoms. The zero-order chi connectivity index (χ0) is 17.5. The first-order chi connectivity index (χ1) is 12.2. The number of ether oxygens (including phenoxy) is 1. The van der Waals surface area contributed by atoms with Crippen LogP contribution >= 0.6 is 0 Å². The minimum absolute atomic E-state index is 0.0615. The molecule has 5 nitrogen and oxygen atoms in total. The van der Waals surface area contributed by atoms with Crippen LogP contribution in [-0.2, 0) is 4.74 Å². The smallest absolute Gasteiger partial charge is 0.251 e. The lowest BCUT2D eigenvalue weighted by Crippen LogP contribution is -2.31. The van der Waals surface area contributed by atoms with Gasteiger partial charge in [0.15, 0.2) is 0 Å². The molecule has 130 valence electrons. The fraction of sp³-hybridized carbons (Fsp3) is 0.263. The molecule has 2 aromatic carbocycles. The van der Waals surface area contributed by atoms with Crippen LogP contribution in [0.2, 0.25) is 0 Å². The highest BCUT2D eigenvalue weighted by atomic mass is 19.1. The largest absolute Gasteiger partial charge is 0.376 e. The summed E-state index contributed by atoms with van der Waals surface area (Å²) in [6, 6.07) is 13.4. The van der Waals surface area contributed by atoms with Crippen molar-refractivity contribution in [2.45, 2.75) is 18.9 Å². The Morgan fingerprint density at radius 1 is 1.28 bits per heavy atom. The molecule has 1 atom stereocenters. The SMILES string of the molecule is Fc1ccccc1.O=C(NCC1CCCO1)c1ccc2[nH]ncc2c1. The Bertz CT molecular complexity index is 814. The van der Waals surface area contributed by atoms with Crippen molar-refractivity contribution in [2.24, 2.45) is 0 Å². The molecule has 1 aliphatic heterocycles. The zero-order valence-corrected chi connectivity index (χ0v) is 13.7. The van der Waals surface area contributed by atoms with Gasteiger partial charge in [-0.25, -0.2) is 4.39 Å². The van der Waals surface area contributed by atoms with E-state index in [0.29, 0.717) is 12.1 Å². The highest BCUT2D eigenvalue weighted by molar-refractivity contribution is 5.97. The molecule has 1 saturated heterocycles. The summed E-state index contributed by atoms with van der Waals surface area (Å²) in [5.74, 6) is -0.240. The van der Waals surface area contributed by atoms with E-state index in [9.17, 15) is 9.18 Å². The van der Waals surface area contributed by atoms with E-state index in [0.717, 1.165) is 30.4 Å². The first kappa shape index (κ1) is 17.1. The molecule has 1 aliphatic rings. The normalized spacial score (nSPS) is 16.3. The van der Waals surface area contributed by atoms with Crippen LogP contribution in [0, 0.1) is 5.82 Å². The summed E-state index contributed by atoms with van der Waals surface area (Å²) in [5, 5.41) is 10.6. The predicted molar refractivity (Wildman–Crippen MR) is 93.8 cm³/mol. The number of hydrogen-bond donors (Lipinski definition) is 2. The van der Waals surface area contributed by atoms with Crippen molar-refractivity contribution < 1.29 is 13.9 Å². The monoisotopic (exact) mass is 341 g/mol. The number of rotatable bonds is 3. The van der Waals surface area contributed by atoms with Crippen molar-refractivity contribution in [2.75, 3.05) is 13.2 Å².